The monoisotopic (exact) mass is 208 g/mol. The minimum Gasteiger partial charge on any atom is -0.326 e. The zero-order chi connectivity index (χ0) is 9.97. The van der Waals surface area contributed by atoms with Gasteiger partial charge < -0.3 is 5.73 Å². The Kier molecular flexibility index (Phi) is 2.47. The third-order valence-corrected chi connectivity index (χ3v) is 2.07. The Morgan fingerprint density at radius 1 is 1.29 bits per heavy atom. The molecule has 1 heterocycles. The van der Waals surface area contributed by atoms with E-state index in [4.69, 9.17) is 17.3 Å². The highest BCUT2D eigenvalue weighted by molar-refractivity contribution is 6.28. The van der Waals surface area contributed by atoms with Crippen LogP contribution in [0.15, 0.2) is 24.3 Å². The summed E-state index contributed by atoms with van der Waals surface area (Å²) in [7, 11) is 0. The number of aromatic amines is 1. The number of nitrogens with one attached hydrogen (secondary N) is 1. The van der Waals surface area contributed by atoms with Crippen molar-refractivity contribution in [1.82, 2.24) is 15.2 Å². The first-order valence-corrected chi connectivity index (χ1v) is 4.54. The first-order chi connectivity index (χ1) is 6.79. The molecule has 0 aliphatic heterocycles. The molecule has 3 N–H and O–H groups in total. The molecule has 0 aliphatic carbocycles. The summed E-state index contributed by atoms with van der Waals surface area (Å²) < 4.78 is 0. The van der Waals surface area contributed by atoms with Gasteiger partial charge in [-0.1, -0.05) is 24.3 Å². The highest BCUT2D eigenvalue weighted by Crippen LogP contribution is 2.16. The smallest absolute Gasteiger partial charge is 0.218 e. The normalized spacial score (nSPS) is 10.4. The van der Waals surface area contributed by atoms with Crippen LogP contribution in [0.4, 0.5) is 0 Å². The zero-order valence-corrected chi connectivity index (χ0v) is 8.12. The van der Waals surface area contributed by atoms with E-state index in [1.807, 2.05) is 24.3 Å². The lowest BCUT2D eigenvalue weighted by molar-refractivity contribution is 1.07. The summed E-state index contributed by atoms with van der Waals surface area (Å²) in [5.74, 6) is 0.596. The Morgan fingerprint density at radius 3 is 2.50 bits per heavy atom. The molecule has 0 atom stereocenters. The van der Waals surface area contributed by atoms with Crippen LogP contribution in [-0.2, 0) is 6.54 Å². The fourth-order valence-electron chi connectivity index (χ4n) is 1.16. The van der Waals surface area contributed by atoms with Crippen LogP contribution in [0.1, 0.15) is 5.56 Å². The first kappa shape index (κ1) is 9.18. The molecule has 4 nitrogen and oxygen atoms in total. The van der Waals surface area contributed by atoms with E-state index in [-0.39, 0.29) is 0 Å². The van der Waals surface area contributed by atoms with Gasteiger partial charge in [0.1, 0.15) is 0 Å². The van der Waals surface area contributed by atoms with Crippen molar-refractivity contribution >= 4 is 11.6 Å². The van der Waals surface area contributed by atoms with Gasteiger partial charge in [-0.2, -0.15) is 10.1 Å². The second-order valence-electron chi connectivity index (χ2n) is 2.85. The summed E-state index contributed by atoms with van der Waals surface area (Å²) >= 11 is 5.62. The minimum atomic E-state index is 0.294. The number of hydrogen-bond donors (Lipinski definition) is 2. The summed E-state index contributed by atoms with van der Waals surface area (Å²) in [4.78, 5) is 4.00. The molecule has 2 rings (SSSR count). The van der Waals surface area contributed by atoms with Crippen LogP contribution >= 0.6 is 11.6 Å². The average molecular weight is 209 g/mol. The van der Waals surface area contributed by atoms with Crippen molar-refractivity contribution < 1.29 is 0 Å². The van der Waals surface area contributed by atoms with Crippen LogP contribution < -0.4 is 5.73 Å². The number of H-pyrrole nitrogens is 1. The molecule has 0 bridgehead atoms. The van der Waals surface area contributed by atoms with E-state index in [1.54, 1.807) is 0 Å². The van der Waals surface area contributed by atoms with Gasteiger partial charge in [0.05, 0.1) is 0 Å². The Labute approximate surface area is 86.1 Å². The maximum absolute atomic E-state index is 5.62. The molecule has 14 heavy (non-hydrogen) atoms. The SMILES string of the molecule is NCc1ccc(-c2n[nH]c(Cl)n2)cc1. The van der Waals surface area contributed by atoms with Crippen LogP contribution in [0, 0.1) is 0 Å². The van der Waals surface area contributed by atoms with Gasteiger partial charge >= 0.3 is 0 Å². The largest absolute Gasteiger partial charge is 0.326 e. The minimum absolute atomic E-state index is 0.294. The molecule has 0 radical (unpaired) electrons. The first-order valence-electron chi connectivity index (χ1n) is 4.17. The molecule has 72 valence electrons. The van der Waals surface area contributed by atoms with Gasteiger partial charge in [0, 0.05) is 12.1 Å². The highest BCUT2D eigenvalue weighted by atomic mass is 35.5. The van der Waals surface area contributed by atoms with Crippen molar-refractivity contribution in [3.63, 3.8) is 0 Å². The van der Waals surface area contributed by atoms with Crippen molar-refractivity contribution in [2.75, 3.05) is 0 Å². The zero-order valence-electron chi connectivity index (χ0n) is 7.37. The Balaban J connectivity index is 2.33. The highest BCUT2D eigenvalue weighted by Gasteiger charge is 2.03. The summed E-state index contributed by atoms with van der Waals surface area (Å²) in [5, 5.41) is 6.81. The number of rotatable bonds is 2. The van der Waals surface area contributed by atoms with Gasteiger partial charge in [0.2, 0.25) is 5.28 Å². The maximum Gasteiger partial charge on any atom is 0.218 e. The third kappa shape index (κ3) is 1.76. The molecular weight excluding hydrogens is 200 g/mol. The lowest BCUT2D eigenvalue weighted by Gasteiger charge is -1.97. The standard InChI is InChI=1S/C9H9ClN4/c10-9-12-8(13-14-9)7-3-1-6(5-11)2-4-7/h1-4H,5,11H2,(H,12,13,14). The molecule has 0 unspecified atom stereocenters. The molecule has 0 saturated carbocycles. The predicted octanol–water partition coefficient (Wildman–Crippen LogP) is 1.58. The van der Waals surface area contributed by atoms with Crippen molar-refractivity contribution in [1.29, 1.82) is 0 Å². The molecule has 0 aliphatic rings. The lowest BCUT2D eigenvalue weighted by atomic mass is 10.1. The Morgan fingerprint density at radius 2 is 2.00 bits per heavy atom. The number of aromatic nitrogens is 3. The van der Waals surface area contributed by atoms with E-state index in [0.29, 0.717) is 17.7 Å². The van der Waals surface area contributed by atoms with Gasteiger partial charge in [-0.15, -0.1) is 0 Å². The summed E-state index contributed by atoms with van der Waals surface area (Å²) in [5.41, 5.74) is 7.48. The van der Waals surface area contributed by atoms with Crippen LogP contribution in [0.3, 0.4) is 0 Å². The fraction of sp³-hybridized carbons (Fsp3) is 0.111. The Bertz CT molecular complexity index is 421. The van der Waals surface area contributed by atoms with Crippen LogP contribution in [-0.4, -0.2) is 15.2 Å². The maximum atomic E-state index is 5.62. The summed E-state index contributed by atoms with van der Waals surface area (Å²) in [6.07, 6.45) is 0. The van der Waals surface area contributed by atoms with Crippen LogP contribution in [0.5, 0.6) is 0 Å². The summed E-state index contributed by atoms with van der Waals surface area (Å²) in [6, 6.07) is 7.72. The van der Waals surface area contributed by atoms with Gasteiger partial charge in [-0.3, -0.25) is 0 Å². The van der Waals surface area contributed by atoms with Crippen molar-refractivity contribution in [2.45, 2.75) is 6.54 Å². The molecule has 5 heteroatoms. The van der Waals surface area contributed by atoms with Crippen LogP contribution in [0.2, 0.25) is 5.28 Å². The van der Waals surface area contributed by atoms with Gasteiger partial charge in [0.25, 0.3) is 0 Å². The second kappa shape index (κ2) is 3.77. The number of benzene rings is 1. The topological polar surface area (TPSA) is 67.6 Å². The van der Waals surface area contributed by atoms with Crippen molar-refractivity contribution in [3.05, 3.63) is 35.1 Å². The molecule has 0 amide bonds. The second-order valence-corrected chi connectivity index (χ2v) is 3.21. The molecule has 2 aromatic rings. The molecule has 1 aromatic heterocycles. The van der Waals surface area contributed by atoms with E-state index < -0.39 is 0 Å². The van der Waals surface area contributed by atoms with E-state index in [1.165, 1.54) is 0 Å². The van der Waals surface area contributed by atoms with Crippen molar-refractivity contribution in [2.24, 2.45) is 5.73 Å². The molecule has 0 fully saturated rings. The molecule has 0 spiro atoms. The predicted molar refractivity (Wildman–Crippen MR) is 54.7 cm³/mol. The number of nitrogens with zero attached hydrogens (tertiary/aromatic N) is 2. The number of halogens is 1. The Hall–Kier alpha value is -1.39. The van der Waals surface area contributed by atoms with Gasteiger partial charge in [-0.05, 0) is 17.2 Å². The lowest BCUT2D eigenvalue weighted by Crippen LogP contribution is -1.95. The van der Waals surface area contributed by atoms with E-state index >= 15 is 0 Å². The molecular formula is C9H9ClN4. The van der Waals surface area contributed by atoms with Crippen molar-refractivity contribution in [3.8, 4) is 11.4 Å². The quantitative estimate of drug-likeness (QED) is 0.788. The third-order valence-electron chi connectivity index (χ3n) is 1.91. The van der Waals surface area contributed by atoms with E-state index in [9.17, 15) is 0 Å². The van der Waals surface area contributed by atoms with Gasteiger partial charge in [-0.25, -0.2) is 5.10 Å². The van der Waals surface area contributed by atoms with Gasteiger partial charge in [0.15, 0.2) is 5.82 Å². The van der Waals surface area contributed by atoms with E-state index in [0.717, 1.165) is 11.1 Å². The summed E-state index contributed by atoms with van der Waals surface area (Å²) in [6.45, 7) is 0.537. The number of nitrogens with two attached hydrogens (primary N) is 1. The van der Waals surface area contributed by atoms with Crippen LogP contribution in [0.25, 0.3) is 11.4 Å². The number of hydrogen-bond acceptors (Lipinski definition) is 3. The molecule has 0 saturated heterocycles. The molecule has 1 aromatic carbocycles. The fourth-order valence-corrected chi connectivity index (χ4v) is 1.28. The van der Waals surface area contributed by atoms with E-state index in [2.05, 4.69) is 15.2 Å². The average Bonchev–Trinajstić information content (AvgIpc) is 2.65.